The van der Waals surface area contributed by atoms with Gasteiger partial charge in [0.2, 0.25) is 0 Å². The molecule has 96 heavy (non-hydrogen) atoms. The average molecular weight is 1410 g/mol. The second kappa shape index (κ2) is 68.8. The highest BCUT2D eigenvalue weighted by Gasteiger charge is 2.30. The Morgan fingerprint density at radius 3 is 0.708 bits per heavy atom. The number of esters is 4. The zero-order valence-corrected chi connectivity index (χ0v) is 64.5. The highest BCUT2D eigenvalue weighted by atomic mass is 31.2. The molecule has 0 aliphatic carbocycles. The van der Waals surface area contributed by atoms with Crippen molar-refractivity contribution < 1.29 is 80.2 Å². The van der Waals surface area contributed by atoms with Crippen molar-refractivity contribution in [1.82, 2.24) is 0 Å². The number of carbonyl (C=O) groups is 4. The number of phosphoric ester groups is 2. The summed E-state index contributed by atoms with van der Waals surface area (Å²) in [5.74, 6) is -0.521. The molecule has 0 aromatic heterocycles. The van der Waals surface area contributed by atoms with Crippen molar-refractivity contribution in [3.63, 3.8) is 0 Å². The third kappa shape index (κ3) is 70.5. The van der Waals surface area contributed by atoms with Gasteiger partial charge in [0.05, 0.1) is 26.4 Å². The van der Waals surface area contributed by atoms with E-state index in [1.807, 2.05) is 0 Å². The molecule has 0 bridgehead atoms. The normalized spacial score (nSPS) is 14.0. The molecule has 0 amide bonds. The van der Waals surface area contributed by atoms with E-state index in [1.165, 1.54) is 218 Å². The fraction of sp³-hybridized carbons (Fsp3) is 0.948. The SMILES string of the molecule is CCCCCCCCCCCCCC(=O)OC[C@H](COP(=O)(O)OC[C@H](O)COP(=O)(O)OC[C@@H](COC(=O)CCCCCCCCCCCCCCC(C)C)OC(=O)CCCCCCCCCCCCCCCCCCC(C)C)OC(=O)CCCCCCCCCCCCC. The van der Waals surface area contributed by atoms with Gasteiger partial charge in [0, 0.05) is 25.7 Å². The fourth-order valence-electron chi connectivity index (χ4n) is 11.8. The number of carbonyl (C=O) groups excluding carboxylic acids is 4. The average Bonchev–Trinajstić information content (AvgIpc) is 1.26. The van der Waals surface area contributed by atoms with Gasteiger partial charge in [-0.05, 0) is 37.5 Å². The van der Waals surface area contributed by atoms with E-state index >= 15 is 0 Å². The number of hydrogen-bond acceptors (Lipinski definition) is 15. The highest BCUT2D eigenvalue weighted by molar-refractivity contribution is 7.47. The van der Waals surface area contributed by atoms with Crippen molar-refractivity contribution in [2.75, 3.05) is 39.6 Å². The monoisotopic (exact) mass is 1410 g/mol. The van der Waals surface area contributed by atoms with Crippen LogP contribution in [0.5, 0.6) is 0 Å². The molecule has 0 aromatic rings. The minimum absolute atomic E-state index is 0.107. The third-order valence-electron chi connectivity index (χ3n) is 18.0. The van der Waals surface area contributed by atoms with Gasteiger partial charge in [-0.2, -0.15) is 0 Å². The van der Waals surface area contributed by atoms with Crippen molar-refractivity contribution in [3.05, 3.63) is 0 Å². The molecule has 0 saturated carbocycles. The van der Waals surface area contributed by atoms with Crippen LogP contribution in [0.4, 0.5) is 0 Å². The standard InChI is InChI=1S/C77H150O17P2/c1-7-9-11-13-15-17-27-35-41-47-53-59-74(79)87-65-72(93-76(81)61-55-49-43-37-28-18-16-14-12-10-8-2)67-91-95(83,84)89-63-71(78)64-90-96(85,86)92-68-73(66-88-75(80)60-54-48-42-36-31-26-25-30-34-40-46-52-58-70(5)6)94-77(82)62-56-50-44-38-32-24-22-20-19-21-23-29-33-39-45-51-57-69(3)4/h69-73,78H,7-68H2,1-6H3,(H,83,84)(H,85,86)/t71-,72+,73+/m0/s1. The van der Waals surface area contributed by atoms with Crippen molar-refractivity contribution in [3.8, 4) is 0 Å². The lowest BCUT2D eigenvalue weighted by Gasteiger charge is -2.21. The van der Waals surface area contributed by atoms with E-state index in [2.05, 4.69) is 41.5 Å². The van der Waals surface area contributed by atoms with Gasteiger partial charge in [0.25, 0.3) is 0 Å². The van der Waals surface area contributed by atoms with Gasteiger partial charge >= 0.3 is 39.5 Å². The first-order valence-electron chi connectivity index (χ1n) is 40.0. The topological polar surface area (TPSA) is 237 Å². The molecule has 19 heteroatoms. The van der Waals surface area contributed by atoms with Crippen LogP contribution >= 0.6 is 15.6 Å². The molecule has 0 heterocycles. The van der Waals surface area contributed by atoms with E-state index in [0.717, 1.165) is 102 Å². The molecule has 3 N–H and O–H groups in total. The van der Waals surface area contributed by atoms with Crippen LogP contribution < -0.4 is 0 Å². The van der Waals surface area contributed by atoms with Gasteiger partial charge in [0.1, 0.15) is 19.3 Å². The summed E-state index contributed by atoms with van der Waals surface area (Å²) in [4.78, 5) is 72.8. The Morgan fingerprint density at radius 1 is 0.281 bits per heavy atom. The molecule has 2 unspecified atom stereocenters. The van der Waals surface area contributed by atoms with Crippen LogP contribution in [-0.4, -0.2) is 96.7 Å². The number of rotatable bonds is 76. The lowest BCUT2D eigenvalue weighted by atomic mass is 10.0. The minimum Gasteiger partial charge on any atom is -0.462 e. The number of phosphoric acid groups is 2. The Balaban J connectivity index is 5.23. The second-order valence-corrected chi connectivity index (χ2v) is 31.6. The van der Waals surface area contributed by atoms with Crippen LogP contribution in [0.15, 0.2) is 0 Å². The molecule has 570 valence electrons. The van der Waals surface area contributed by atoms with Crippen LogP contribution in [0.1, 0.15) is 401 Å². The molecule has 0 aliphatic heterocycles. The number of hydrogen-bond donors (Lipinski definition) is 3. The lowest BCUT2D eigenvalue weighted by Crippen LogP contribution is -2.30. The molecular formula is C77H150O17P2. The summed E-state index contributed by atoms with van der Waals surface area (Å²) in [5.41, 5.74) is 0. The van der Waals surface area contributed by atoms with Crippen molar-refractivity contribution in [2.24, 2.45) is 11.8 Å². The molecule has 0 aliphatic rings. The van der Waals surface area contributed by atoms with E-state index in [4.69, 9.17) is 37.0 Å². The maximum atomic E-state index is 13.1. The second-order valence-electron chi connectivity index (χ2n) is 28.7. The first-order valence-corrected chi connectivity index (χ1v) is 43.0. The summed E-state index contributed by atoms with van der Waals surface area (Å²) in [7, 11) is -9.91. The smallest absolute Gasteiger partial charge is 0.462 e. The van der Waals surface area contributed by atoms with Crippen LogP contribution in [0.2, 0.25) is 0 Å². The summed E-state index contributed by atoms with van der Waals surface area (Å²) < 4.78 is 68.5. The molecule has 0 radical (unpaired) electrons. The first kappa shape index (κ1) is 94.1. The molecule has 0 aromatic carbocycles. The van der Waals surface area contributed by atoms with Crippen LogP contribution in [-0.2, 0) is 65.4 Å². The molecule has 0 saturated heterocycles. The van der Waals surface area contributed by atoms with Crippen LogP contribution in [0.3, 0.4) is 0 Å². The predicted octanol–water partition coefficient (Wildman–Crippen LogP) is 22.7. The van der Waals surface area contributed by atoms with E-state index in [9.17, 15) is 43.2 Å². The number of ether oxygens (including phenoxy) is 4. The Kier molecular flexibility index (Phi) is 67.4. The lowest BCUT2D eigenvalue weighted by molar-refractivity contribution is -0.161. The molecule has 0 spiro atoms. The minimum atomic E-state index is -4.96. The summed E-state index contributed by atoms with van der Waals surface area (Å²) >= 11 is 0. The predicted molar refractivity (Wildman–Crippen MR) is 391 cm³/mol. The number of aliphatic hydroxyl groups excluding tert-OH is 1. The van der Waals surface area contributed by atoms with E-state index < -0.39 is 97.5 Å². The first-order chi connectivity index (χ1) is 46.4. The van der Waals surface area contributed by atoms with E-state index in [-0.39, 0.29) is 25.7 Å². The highest BCUT2D eigenvalue weighted by Crippen LogP contribution is 2.45. The van der Waals surface area contributed by atoms with Gasteiger partial charge in [-0.1, -0.05) is 350 Å². The number of aliphatic hydroxyl groups is 1. The number of unbranched alkanes of at least 4 members (excludes halogenated alkanes) is 46. The van der Waals surface area contributed by atoms with Crippen molar-refractivity contribution in [2.45, 2.75) is 419 Å². The van der Waals surface area contributed by atoms with Gasteiger partial charge in [0.15, 0.2) is 12.2 Å². The van der Waals surface area contributed by atoms with E-state index in [1.54, 1.807) is 0 Å². The summed E-state index contributed by atoms with van der Waals surface area (Å²) in [6.07, 6.45) is 56.7. The summed E-state index contributed by atoms with van der Waals surface area (Å²) in [6.45, 7) is 9.64. The Morgan fingerprint density at radius 2 is 0.479 bits per heavy atom. The van der Waals surface area contributed by atoms with Crippen LogP contribution in [0, 0.1) is 11.8 Å². The Bertz CT molecular complexity index is 1860. The maximum absolute atomic E-state index is 13.1. The maximum Gasteiger partial charge on any atom is 0.472 e. The van der Waals surface area contributed by atoms with Crippen LogP contribution in [0.25, 0.3) is 0 Å². The molecule has 17 nitrogen and oxygen atoms in total. The van der Waals surface area contributed by atoms with Crippen molar-refractivity contribution in [1.29, 1.82) is 0 Å². The van der Waals surface area contributed by atoms with E-state index in [0.29, 0.717) is 25.7 Å². The Hall–Kier alpha value is -1.94. The van der Waals surface area contributed by atoms with Gasteiger partial charge in [-0.15, -0.1) is 0 Å². The quantitative estimate of drug-likeness (QED) is 0.0222. The fourth-order valence-corrected chi connectivity index (χ4v) is 13.4. The third-order valence-corrected chi connectivity index (χ3v) is 19.9. The van der Waals surface area contributed by atoms with Crippen molar-refractivity contribution >= 4 is 39.5 Å². The zero-order valence-electron chi connectivity index (χ0n) is 62.7. The zero-order chi connectivity index (χ0) is 70.7. The molecular weight excluding hydrogens is 1260 g/mol. The van der Waals surface area contributed by atoms with Gasteiger partial charge in [-0.3, -0.25) is 37.3 Å². The Labute approximate surface area is 588 Å². The molecule has 0 fully saturated rings. The van der Waals surface area contributed by atoms with Gasteiger partial charge < -0.3 is 33.8 Å². The summed E-state index contributed by atoms with van der Waals surface area (Å²) in [6, 6.07) is 0. The largest absolute Gasteiger partial charge is 0.472 e. The summed E-state index contributed by atoms with van der Waals surface area (Å²) in [5, 5.41) is 10.6. The molecule has 0 rings (SSSR count). The van der Waals surface area contributed by atoms with Gasteiger partial charge in [-0.25, -0.2) is 9.13 Å². The molecule has 5 atom stereocenters.